The molecule has 0 unspecified atom stereocenters. The highest BCUT2D eigenvalue weighted by Gasteiger charge is 2.28. The second-order valence-electron chi connectivity index (χ2n) is 6.12. The smallest absolute Gasteiger partial charge is 0.275 e. The fourth-order valence-corrected chi connectivity index (χ4v) is 4.82. The van der Waals surface area contributed by atoms with Crippen molar-refractivity contribution in [2.75, 3.05) is 31.6 Å². The van der Waals surface area contributed by atoms with Gasteiger partial charge in [-0.1, -0.05) is 22.0 Å². The molecule has 0 atom stereocenters. The van der Waals surface area contributed by atoms with E-state index < -0.39 is 10.0 Å². The topological polar surface area (TPSA) is 88.1 Å². The summed E-state index contributed by atoms with van der Waals surface area (Å²) in [5.74, 6) is -0.315. The van der Waals surface area contributed by atoms with E-state index in [1.165, 1.54) is 16.4 Å². The van der Waals surface area contributed by atoms with Crippen LogP contribution in [0.5, 0.6) is 0 Å². The molecule has 2 aromatic carbocycles. The lowest BCUT2D eigenvalue weighted by atomic mass is 10.1. The maximum atomic E-state index is 12.8. The molecule has 140 valence electrons. The molecule has 0 aliphatic carbocycles. The summed E-state index contributed by atoms with van der Waals surface area (Å²) in [5.41, 5.74) is 2.02. The number of anilines is 1. The van der Waals surface area contributed by atoms with E-state index in [9.17, 15) is 13.2 Å². The van der Waals surface area contributed by atoms with E-state index in [1.54, 1.807) is 24.3 Å². The van der Waals surface area contributed by atoms with Crippen LogP contribution in [0.25, 0.3) is 0 Å². The average Bonchev–Trinajstić information content (AvgIpc) is 2.98. The number of hydrogen-bond acceptors (Lipinski definition) is 5. The number of nitrogens with one attached hydrogen (secondary N) is 1. The van der Waals surface area contributed by atoms with Crippen molar-refractivity contribution < 1.29 is 17.9 Å². The van der Waals surface area contributed by atoms with Gasteiger partial charge in [-0.05, 0) is 36.4 Å². The molecule has 0 aromatic heterocycles. The molecule has 0 saturated carbocycles. The van der Waals surface area contributed by atoms with Crippen LogP contribution in [0.3, 0.4) is 0 Å². The number of benzene rings is 2. The van der Waals surface area contributed by atoms with Crippen molar-refractivity contribution in [1.82, 2.24) is 4.31 Å². The van der Waals surface area contributed by atoms with Crippen LogP contribution in [-0.4, -0.2) is 50.6 Å². The number of ether oxygens (including phenoxy) is 1. The summed E-state index contributed by atoms with van der Waals surface area (Å²) in [5, 5.41) is 2.76. The van der Waals surface area contributed by atoms with E-state index in [0.29, 0.717) is 43.2 Å². The second-order valence-corrected chi connectivity index (χ2v) is 8.97. The Labute approximate surface area is 165 Å². The zero-order chi connectivity index (χ0) is 19.0. The quantitative estimate of drug-likeness (QED) is 0.779. The molecular weight excluding hydrogens is 434 g/mol. The molecule has 0 spiro atoms. The van der Waals surface area contributed by atoms with Crippen LogP contribution < -0.4 is 5.32 Å². The average molecular weight is 450 g/mol. The summed E-state index contributed by atoms with van der Waals surface area (Å²) < 4.78 is 33.1. The molecule has 1 fully saturated rings. The van der Waals surface area contributed by atoms with Crippen molar-refractivity contribution in [2.45, 2.75) is 4.90 Å². The first-order valence-electron chi connectivity index (χ1n) is 8.33. The highest BCUT2D eigenvalue weighted by atomic mass is 79.9. The SMILES string of the molecule is O=C1Nc2ccc(Br)cc2C1=Nc1cccc(S(=O)(=O)N2CCOCC2)c1. The number of morpholine rings is 1. The van der Waals surface area contributed by atoms with Gasteiger partial charge in [-0.2, -0.15) is 4.31 Å². The summed E-state index contributed by atoms with van der Waals surface area (Å²) >= 11 is 3.39. The lowest BCUT2D eigenvalue weighted by molar-refractivity contribution is -0.110. The van der Waals surface area contributed by atoms with E-state index in [0.717, 1.165) is 4.47 Å². The van der Waals surface area contributed by atoms with Crippen LogP contribution in [-0.2, 0) is 19.6 Å². The molecule has 7 nitrogen and oxygen atoms in total. The highest BCUT2D eigenvalue weighted by molar-refractivity contribution is 9.10. The van der Waals surface area contributed by atoms with Gasteiger partial charge in [0.25, 0.3) is 5.91 Å². The number of halogens is 1. The van der Waals surface area contributed by atoms with Crippen molar-refractivity contribution in [2.24, 2.45) is 4.99 Å². The van der Waals surface area contributed by atoms with Crippen molar-refractivity contribution in [3.8, 4) is 0 Å². The van der Waals surface area contributed by atoms with Crippen LogP contribution in [0.2, 0.25) is 0 Å². The van der Waals surface area contributed by atoms with Gasteiger partial charge in [0.05, 0.1) is 29.5 Å². The van der Waals surface area contributed by atoms with Gasteiger partial charge in [0.15, 0.2) is 0 Å². The van der Waals surface area contributed by atoms with Crippen molar-refractivity contribution in [1.29, 1.82) is 0 Å². The lowest BCUT2D eigenvalue weighted by Gasteiger charge is -2.26. The summed E-state index contributed by atoms with van der Waals surface area (Å²) in [6.45, 7) is 1.41. The zero-order valence-electron chi connectivity index (χ0n) is 14.2. The van der Waals surface area contributed by atoms with Gasteiger partial charge >= 0.3 is 0 Å². The first-order valence-corrected chi connectivity index (χ1v) is 10.6. The van der Waals surface area contributed by atoms with Crippen molar-refractivity contribution >= 4 is 48.9 Å². The minimum Gasteiger partial charge on any atom is -0.379 e. The number of amides is 1. The minimum absolute atomic E-state index is 0.152. The first kappa shape index (κ1) is 18.3. The first-order chi connectivity index (χ1) is 12.9. The number of sulfonamides is 1. The molecule has 2 aliphatic rings. The third-order valence-electron chi connectivity index (χ3n) is 4.37. The third kappa shape index (κ3) is 3.55. The fourth-order valence-electron chi connectivity index (χ4n) is 3.01. The third-order valence-corrected chi connectivity index (χ3v) is 6.75. The summed E-state index contributed by atoms with van der Waals surface area (Å²) in [6.07, 6.45) is 0. The predicted molar refractivity (Wildman–Crippen MR) is 105 cm³/mol. The molecule has 1 amide bonds. The zero-order valence-corrected chi connectivity index (χ0v) is 16.6. The molecule has 1 saturated heterocycles. The van der Waals surface area contributed by atoms with Crippen LogP contribution in [0.15, 0.2) is 56.8 Å². The number of aliphatic imine (C=N–C) groups is 1. The Morgan fingerprint density at radius 3 is 2.67 bits per heavy atom. The maximum Gasteiger partial charge on any atom is 0.275 e. The van der Waals surface area contributed by atoms with E-state index in [-0.39, 0.29) is 16.5 Å². The molecule has 0 radical (unpaired) electrons. The molecule has 0 bridgehead atoms. The van der Waals surface area contributed by atoms with E-state index >= 15 is 0 Å². The Balaban J connectivity index is 1.71. The Morgan fingerprint density at radius 2 is 1.89 bits per heavy atom. The van der Waals surface area contributed by atoms with Gasteiger partial charge < -0.3 is 10.1 Å². The number of carbonyl (C=O) groups excluding carboxylic acids is 1. The van der Waals surface area contributed by atoms with Crippen LogP contribution >= 0.6 is 15.9 Å². The molecule has 2 aliphatic heterocycles. The monoisotopic (exact) mass is 449 g/mol. The van der Waals surface area contributed by atoms with Crippen LogP contribution in [0, 0.1) is 0 Å². The predicted octanol–water partition coefficient (Wildman–Crippen LogP) is 2.54. The van der Waals surface area contributed by atoms with E-state index in [4.69, 9.17) is 4.74 Å². The van der Waals surface area contributed by atoms with Gasteiger partial charge in [0, 0.05) is 23.1 Å². The molecule has 2 aromatic rings. The largest absolute Gasteiger partial charge is 0.379 e. The van der Waals surface area contributed by atoms with Crippen molar-refractivity contribution in [3.63, 3.8) is 0 Å². The number of hydrogen-bond donors (Lipinski definition) is 1. The van der Waals surface area contributed by atoms with E-state index in [2.05, 4.69) is 26.2 Å². The number of carbonyl (C=O) groups is 1. The normalized spacial score (nSPS) is 19.1. The molecule has 1 N–H and O–H groups in total. The maximum absolute atomic E-state index is 12.8. The van der Waals surface area contributed by atoms with Crippen molar-refractivity contribution in [3.05, 3.63) is 52.5 Å². The number of rotatable bonds is 3. The minimum atomic E-state index is -3.62. The standard InChI is InChI=1S/C18H16BrN3O4S/c19-12-4-5-16-15(10-12)17(18(23)21-16)20-13-2-1-3-14(11-13)27(24,25)22-6-8-26-9-7-22/h1-5,10-11H,6-9H2,(H,20,21,23). The number of nitrogens with zero attached hydrogens (tertiary/aromatic N) is 2. The molecule has 27 heavy (non-hydrogen) atoms. The van der Waals surface area contributed by atoms with E-state index in [1.807, 2.05) is 6.07 Å². The second kappa shape index (κ2) is 7.16. The van der Waals surface area contributed by atoms with Gasteiger partial charge in [0.2, 0.25) is 10.0 Å². The Bertz CT molecular complexity index is 1050. The van der Waals surface area contributed by atoms with Crippen LogP contribution in [0.4, 0.5) is 11.4 Å². The summed E-state index contributed by atoms with van der Waals surface area (Å²) in [7, 11) is -3.62. The number of fused-ring (bicyclic) bond motifs is 1. The molecule has 9 heteroatoms. The summed E-state index contributed by atoms with van der Waals surface area (Å²) in [4.78, 5) is 16.8. The highest BCUT2D eigenvalue weighted by Crippen LogP contribution is 2.29. The Hall–Kier alpha value is -2.07. The van der Waals surface area contributed by atoms with Gasteiger partial charge in [-0.3, -0.25) is 4.79 Å². The van der Waals surface area contributed by atoms with Gasteiger partial charge in [-0.15, -0.1) is 0 Å². The van der Waals surface area contributed by atoms with Gasteiger partial charge in [-0.25, -0.2) is 13.4 Å². The Kier molecular flexibility index (Phi) is 4.85. The van der Waals surface area contributed by atoms with Gasteiger partial charge in [0.1, 0.15) is 5.71 Å². The lowest BCUT2D eigenvalue weighted by Crippen LogP contribution is -2.40. The summed E-state index contributed by atoms with van der Waals surface area (Å²) in [6, 6.07) is 11.8. The Morgan fingerprint density at radius 1 is 1.11 bits per heavy atom. The molecule has 2 heterocycles. The fraction of sp³-hybridized carbons (Fsp3) is 0.222. The molecular formula is C18H16BrN3O4S. The molecule has 4 rings (SSSR count). The van der Waals surface area contributed by atoms with Crippen LogP contribution in [0.1, 0.15) is 5.56 Å².